The molecular formula is C17H18N4. The molecule has 0 aliphatic rings. The summed E-state index contributed by atoms with van der Waals surface area (Å²) in [6.45, 7) is 1.48. The van der Waals surface area contributed by atoms with Crippen molar-refractivity contribution >= 4 is 22.3 Å². The molecule has 2 aromatic carbocycles. The molecule has 0 saturated carbocycles. The number of benzene rings is 2. The third kappa shape index (κ3) is 2.85. The van der Waals surface area contributed by atoms with Crippen molar-refractivity contribution in [3.8, 4) is 0 Å². The van der Waals surface area contributed by atoms with E-state index in [-0.39, 0.29) is 0 Å². The van der Waals surface area contributed by atoms with E-state index in [0.29, 0.717) is 6.54 Å². The average Bonchev–Trinajstić information content (AvgIpc) is 2.56. The van der Waals surface area contributed by atoms with Crippen molar-refractivity contribution in [2.24, 2.45) is 5.73 Å². The first kappa shape index (κ1) is 13.5. The van der Waals surface area contributed by atoms with Gasteiger partial charge in [-0.15, -0.1) is 5.10 Å². The molecule has 3 aromatic rings. The fraction of sp³-hybridized carbons (Fsp3) is 0.176. The number of rotatable bonds is 5. The molecule has 21 heavy (non-hydrogen) atoms. The molecule has 0 fully saturated rings. The summed E-state index contributed by atoms with van der Waals surface area (Å²) in [6.07, 6.45) is 2.70. The predicted octanol–water partition coefficient (Wildman–Crippen LogP) is 3.12. The predicted molar refractivity (Wildman–Crippen MR) is 86.7 cm³/mol. The van der Waals surface area contributed by atoms with Gasteiger partial charge in [0.15, 0.2) is 5.82 Å². The van der Waals surface area contributed by atoms with E-state index in [4.69, 9.17) is 5.73 Å². The SMILES string of the molecule is NCCCN(c1ccccc1)c1nncc2ccccc12. The van der Waals surface area contributed by atoms with Crippen LogP contribution in [0.1, 0.15) is 6.42 Å². The zero-order valence-corrected chi connectivity index (χ0v) is 11.8. The van der Waals surface area contributed by atoms with Crippen LogP contribution >= 0.6 is 0 Å². The van der Waals surface area contributed by atoms with Gasteiger partial charge in [0.2, 0.25) is 0 Å². The van der Waals surface area contributed by atoms with E-state index in [2.05, 4.69) is 39.4 Å². The summed E-state index contributed by atoms with van der Waals surface area (Å²) in [7, 11) is 0. The van der Waals surface area contributed by atoms with Crippen LogP contribution in [0.15, 0.2) is 60.8 Å². The monoisotopic (exact) mass is 278 g/mol. The highest BCUT2D eigenvalue weighted by atomic mass is 15.3. The third-order valence-electron chi connectivity index (χ3n) is 3.46. The van der Waals surface area contributed by atoms with Gasteiger partial charge in [0.25, 0.3) is 0 Å². The standard InChI is InChI=1S/C17H18N4/c18-11-6-12-21(15-8-2-1-3-9-15)17-16-10-5-4-7-14(16)13-19-20-17/h1-5,7-10,13H,6,11-12,18H2. The van der Waals surface area contributed by atoms with E-state index >= 15 is 0 Å². The molecule has 4 heteroatoms. The molecule has 0 radical (unpaired) electrons. The number of hydrogen-bond acceptors (Lipinski definition) is 4. The molecule has 0 spiro atoms. The molecule has 0 amide bonds. The maximum atomic E-state index is 5.68. The number of fused-ring (bicyclic) bond motifs is 1. The molecule has 0 aliphatic heterocycles. The topological polar surface area (TPSA) is 55.0 Å². The zero-order chi connectivity index (χ0) is 14.5. The van der Waals surface area contributed by atoms with Gasteiger partial charge in [-0.1, -0.05) is 42.5 Å². The number of hydrogen-bond donors (Lipinski definition) is 1. The summed E-state index contributed by atoms with van der Waals surface area (Å²) < 4.78 is 0. The molecule has 0 aliphatic carbocycles. The molecule has 4 nitrogen and oxygen atoms in total. The largest absolute Gasteiger partial charge is 0.330 e. The number of para-hydroxylation sites is 1. The second-order valence-corrected chi connectivity index (χ2v) is 4.88. The Kier molecular flexibility index (Phi) is 4.07. The van der Waals surface area contributed by atoms with Crippen LogP contribution in [0.3, 0.4) is 0 Å². The lowest BCUT2D eigenvalue weighted by atomic mass is 10.1. The summed E-state index contributed by atoms with van der Waals surface area (Å²) >= 11 is 0. The Balaban J connectivity index is 2.10. The number of nitrogens with zero attached hydrogens (tertiary/aromatic N) is 3. The highest BCUT2D eigenvalue weighted by Gasteiger charge is 2.13. The van der Waals surface area contributed by atoms with Crippen LogP contribution in [0, 0.1) is 0 Å². The summed E-state index contributed by atoms with van der Waals surface area (Å²) in [4.78, 5) is 2.18. The second-order valence-electron chi connectivity index (χ2n) is 4.88. The van der Waals surface area contributed by atoms with Gasteiger partial charge in [0.1, 0.15) is 0 Å². The van der Waals surface area contributed by atoms with E-state index in [1.165, 1.54) is 0 Å². The minimum Gasteiger partial charge on any atom is -0.330 e. The average molecular weight is 278 g/mol. The summed E-state index contributed by atoms with van der Waals surface area (Å²) in [5.41, 5.74) is 6.79. The van der Waals surface area contributed by atoms with Crippen molar-refractivity contribution in [1.29, 1.82) is 0 Å². The van der Waals surface area contributed by atoms with Gasteiger partial charge in [-0.3, -0.25) is 0 Å². The van der Waals surface area contributed by atoms with Gasteiger partial charge in [0.05, 0.1) is 6.20 Å². The quantitative estimate of drug-likeness (QED) is 0.779. The molecule has 0 unspecified atom stereocenters. The van der Waals surface area contributed by atoms with Gasteiger partial charge >= 0.3 is 0 Å². The van der Waals surface area contributed by atoms with Crippen LogP contribution < -0.4 is 10.6 Å². The minimum atomic E-state index is 0.654. The molecule has 0 bridgehead atoms. The molecule has 3 rings (SSSR count). The lowest BCUT2D eigenvalue weighted by Gasteiger charge is -2.24. The van der Waals surface area contributed by atoms with Crippen LogP contribution in [-0.2, 0) is 0 Å². The lowest BCUT2D eigenvalue weighted by molar-refractivity contribution is 0.805. The zero-order valence-electron chi connectivity index (χ0n) is 11.8. The van der Waals surface area contributed by atoms with E-state index in [0.717, 1.165) is 35.2 Å². The highest BCUT2D eigenvalue weighted by Crippen LogP contribution is 2.29. The van der Waals surface area contributed by atoms with Crippen LogP contribution in [0.4, 0.5) is 11.5 Å². The Morgan fingerprint density at radius 3 is 2.52 bits per heavy atom. The van der Waals surface area contributed by atoms with Crippen molar-refractivity contribution in [2.45, 2.75) is 6.42 Å². The van der Waals surface area contributed by atoms with Crippen LogP contribution in [0.25, 0.3) is 10.8 Å². The molecule has 0 atom stereocenters. The Morgan fingerprint density at radius 2 is 1.71 bits per heavy atom. The summed E-state index contributed by atoms with van der Waals surface area (Å²) in [6, 6.07) is 18.4. The van der Waals surface area contributed by atoms with Crippen LogP contribution in [-0.4, -0.2) is 23.3 Å². The Labute approximate surface area is 124 Å². The highest BCUT2D eigenvalue weighted by molar-refractivity contribution is 5.93. The second kappa shape index (κ2) is 6.33. The fourth-order valence-corrected chi connectivity index (χ4v) is 2.43. The maximum absolute atomic E-state index is 5.68. The number of aromatic nitrogens is 2. The van der Waals surface area contributed by atoms with E-state index in [9.17, 15) is 0 Å². The molecule has 2 N–H and O–H groups in total. The van der Waals surface area contributed by atoms with Gasteiger partial charge in [0, 0.05) is 23.0 Å². The first-order chi connectivity index (χ1) is 10.4. The Hall–Kier alpha value is -2.46. The van der Waals surface area contributed by atoms with Gasteiger partial charge in [-0.05, 0) is 25.1 Å². The van der Waals surface area contributed by atoms with Crippen LogP contribution in [0.5, 0.6) is 0 Å². The summed E-state index contributed by atoms with van der Waals surface area (Å²) in [5.74, 6) is 0.882. The number of nitrogens with two attached hydrogens (primary N) is 1. The van der Waals surface area contributed by atoms with Crippen molar-refractivity contribution in [3.05, 3.63) is 60.8 Å². The van der Waals surface area contributed by atoms with Gasteiger partial charge in [-0.2, -0.15) is 5.10 Å². The van der Waals surface area contributed by atoms with Crippen molar-refractivity contribution in [3.63, 3.8) is 0 Å². The molecule has 0 saturated heterocycles. The molecule has 1 aromatic heterocycles. The lowest BCUT2D eigenvalue weighted by Crippen LogP contribution is -2.22. The Bertz CT molecular complexity index is 707. The van der Waals surface area contributed by atoms with E-state index in [1.807, 2.05) is 30.3 Å². The van der Waals surface area contributed by atoms with Crippen molar-refractivity contribution < 1.29 is 0 Å². The van der Waals surface area contributed by atoms with Gasteiger partial charge < -0.3 is 10.6 Å². The van der Waals surface area contributed by atoms with Crippen LogP contribution in [0.2, 0.25) is 0 Å². The molecule has 1 heterocycles. The Morgan fingerprint density at radius 1 is 0.952 bits per heavy atom. The maximum Gasteiger partial charge on any atom is 0.163 e. The minimum absolute atomic E-state index is 0.654. The first-order valence-electron chi connectivity index (χ1n) is 7.13. The normalized spacial score (nSPS) is 10.7. The third-order valence-corrected chi connectivity index (χ3v) is 3.46. The first-order valence-corrected chi connectivity index (χ1v) is 7.13. The summed E-state index contributed by atoms with van der Waals surface area (Å²) in [5, 5.41) is 10.7. The van der Waals surface area contributed by atoms with E-state index < -0.39 is 0 Å². The fourth-order valence-electron chi connectivity index (χ4n) is 2.43. The number of anilines is 2. The van der Waals surface area contributed by atoms with Crippen molar-refractivity contribution in [2.75, 3.05) is 18.0 Å². The smallest absolute Gasteiger partial charge is 0.163 e. The van der Waals surface area contributed by atoms with E-state index in [1.54, 1.807) is 6.20 Å². The van der Waals surface area contributed by atoms with Gasteiger partial charge in [-0.25, -0.2) is 0 Å². The molecular weight excluding hydrogens is 260 g/mol. The molecule has 106 valence electrons. The van der Waals surface area contributed by atoms with Crippen molar-refractivity contribution in [1.82, 2.24) is 10.2 Å².